The van der Waals surface area contributed by atoms with Gasteiger partial charge in [-0.15, -0.1) is 0 Å². The third-order valence-corrected chi connectivity index (χ3v) is 4.18. The molecule has 13 heavy (non-hydrogen) atoms. The molecule has 3 unspecified atom stereocenters. The Labute approximate surface area is 79.8 Å². The first-order valence-electron chi connectivity index (χ1n) is 5.71. The van der Waals surface area contributed by atoms with Crippen LogP contribution in [0.1, 0.15) is 38.5 Å². The van der Waals surface area contributed by atoms with E-state index in [0.29, 0.717) is 5.92 Å². The number of aliphatic hydroxyl groups excluding tert-OH is 1. The van der Waals surface area contributed by atoms with Crippen molar-refractivity contribution in [3.63, 3.8) is 0 Å². The highest BCUT2D eigenvalue weighted by Crippen LogP contribution is 2.55. The van der Waals surface area contributed by atoms with Crippen LogP contribution in [0.4, 0.5) is 0 Å². The number of hydrogen-bond donors (Lipinski definition) is 1. The largest absolute Gasteiger partial charge is 0.388 e. The van der Waals surface area contributed by atoms with Gasteiger partial charge in [0.2, 0.25) is 0 Å². The lowest BCUT2D eigenvalue weighted by Crippen LogP contribution is -2.20. The first kappa shape index (κ1) is 8.05. The summed E-state index contributed by atoms with van der Waals surface area (Å²) >= 11 is 0. The second kappa shape index (κ2) is 2.84. The van der Waals surface area contributed by atoms with E-state index < -0.39 is 0 Å². The fourth-order valence-electron chi connectivity index (χ4n) is 3.29. The molecule has 0 aromatic heterocycles. The molecule has 0 aromatic rings. The van der Waals surface area contributed by atoms with Crippen molar-refractivity contribution in [2.75, 3.05) is 0 Å². The van der Waals surface area contributed by atoms with Gasteiger partial charge in [-0.3, -0.25) is 0 Å². The zero-order valence-corrected chi connectivity index (χ0v) is 8.08. The summed E-state index contributed by atoms with van der Waals surface area (Å²) in [5, 5.41) is 10.1. The molecule has 0 bridgehead atoms. The predicted octanol–water partition coefficient (Wildman–Crippen LogP) is 2.50. The van der Waals surface area contributed by atoms with Crippen LogP contribution in [0.5, 0.6) is 0 Å². The molecule has 1 N–H and O–H groups in total. The second-order valence-corrected chi connectivity index (χ2v) is 5.10. The van der Waals surface area contributed by atoms with E-state index in [2.05, 4.69) is 6.08 Å². The fraction of sp³-hybridized carbons (Fsp3) is 0.833. The maximum absolute atomic E-state index is 10.1. The lowest BCUT2D eigenvalue weighted by Gasteiger charge is -2.20. The van der Waals surface area contributed by atoms with Gasteiger partial charge in [-0.2, -0.15) is 0 Å². The Bertz CT molecular complexity index is 234. The Balaban J connectivity index is 1.64. The standard InChI is InChI=1S/C12H18O/c13-12(8-3-1-2-4-8)11-6-9-5-10(9)7-11/h3,9-13H,1-2,4-7H2. The normalized spacial score (nSPS) is 44.4. The zero-order chi connectivity index (χ0) is 8.84. The minimum absolute atomic E-state index is 0.0738. The molecule has 0 aliphatic heterocycles. The van der Waals surface area contributed by atoms with Gasteiger partial charge >= 0.3 is 0 Å². The Kier molecular flexibility index (Phi) is 1.76. The van der Waals surface area contributed by atoms with Crippen molar-refractivity contribution in [3.8, 4) is 0 Å². The molecule has 0 aromatic carbocycles. The summed E-state index contributed by atoms with van der Waals surface area (Å²) in [6, 6.07) is 0. The first-order valence-corrected chi connectivity index (χ1v) is 5.71. The van der Waals surface area contributed by atoms with Crippen LogP contribution in [-0.4, -0.2) is 11.2 Å². The van der Waals surface area contributed by atoms with Crippen LogP contribution in [0.2, 0.25) is 0 Å². The summed E-state index contributed by atoms with van der Waals surface area (Å²) in [6.07, 6.45) is 9.91. The van der Waals surface area contributed by atoms with Gasteiger partial charge in [-0.25, -0.2) is 0 Å². The van der Waals surface area contributed by atoms with Crippen LogP contribution in [0.25, 0.3) is 0 Å². The summed E-state index contributed by atoms with van der Waals surface area (Å²) < 4.78 is 0. The molecule has 3 aliphatic rings. The van der Waals surface area contributed by atoms with Crippen LogP contribution in [0.3, 0.4) is 0 Å². The number of aliphatic hydroxyl groups is 1. The highest BCUT2D eigenvalue weighted by atomic mass is 16.3. The van der Waals surface area contributed by atoms with Gasteiger partial charge in [-0.05, 0) is 61.9 Å². The first-order chi connectivity index (χ1) is 6.34. The van der Waals surface area contributed by atoms with Crippen LogP contribution in [0.15, 0.2) is 11.6 Å². The summed E-state index contributed by atoms with van der Waals surface area (Å²) in [6.45, 7) is 0. The SMILES string of the molecule is OC(C1=CCCC1)C1CC2CC2C1. The summed E-state index contributed by atoms with van der Waals surface area (Å²) in [7, 11) is 0. The molecule has 0 amide bonds. The van der Waals surface area contributed by atoms with Crippen LogP contribution in [0, 0.1) is 17.8 Å². The van der Waals surface area contributed by atoms with Gasteiger partial charge in [0.1, 0.15) is 0 Å². The minimum atomic E-state index is -0.0738. The van der Waals surface area contributed by atoms with Crippen molar-refractivity contribution in [1.82, 2.24) is 0 Å². The topological polar surface area (TPSA) is 20.2 Å². The molecule has 72 valence electrons. The lowest BCUT2D eigenvalue weighted by molar-refractivity contribution is 0.134. The molecule has 2 fully saturated rings. The lowest BCUT2D eigenvalue weighted by atomic mass is 9.91. The molecule has 0 heterocycles. The smallest absolute Gasteiger partial charge is 0.0778 e. The number of rotatable bonds is 2. The van der Waals surface area contributed by atoms with Gasteiger partial charge in [0.25, 0.3) is 0 Å². The molecule has 3 aliphatic carbocycles. The number of hydrogen-bond acceptors (Lipinski definition) is 1. The second-order valence-electron chi connectivity index (χ2n) is 5.10. The average molecular weight is 178 g/mol. The maximum atomic E-state index is 10.1. The molecule has 3 rings (SSSR count). The van der Waals surface area contributed by atoms with Crippen LogP contribution >= 0.6 is 0 Å². The van der Waals surface area contributed by atoms with E-state index in [1.165, 1.54) is 37.7 Å². The molecule has 0 radical (unpaired) electrons. The van der Waals surface area contributed by atoms with E-state index in [0.717, 1.165) is 18.3 Å². The Hall–Kier alpha value is -0.300. The zero-order valence-electron chi connectivity index (χ0n) is 8.08. The monoisotopic (exact) mass is 178 g/mol. The van der Waals surface area contributed by atoms with Gasteiger partial charge in [0.05, 0.1) is 6.10 Å². The molecular weight excluding hydrogens is 160 g/mol. The third kappa shape index (κ3) is 1.34. The Morgan fingerprint density at radius 1 is 1.23 bits per heavy atom. The Morgan fingerprint density at radius 2 is 2.00 bits per heavy atom. The highest BCUT2D eigenvalue weighted by molar-refractivity contribution is 5.16. The van der Waals surface area contributed by atoms with Gasteiger partial charge in [0.15, 0.2) is 0 Å². The summed E-state index contributed by atoms with van der Waals surface area (Å²) in [4.78, 5) is 0. The number of fused-ring (bicyclic) bond motifs is 1. The molecule has 2 saturated carbocycles. The van der Waals surface area contributed by atoms with Crippen molar-refractivity contribution >= 4 is 0 Å². The van der Waals surface area contributed by atoms with E-state index in [4.69, 9.17) is 0 Å². The Morgan fingerprint density at radius 3 is 2.62 bits per heavy atom. The number of allylic oxidation sites excluding steroid dienone is 1. The highest BCUT2D eigenvalue weighted by Gasteiger charge is 2.48. The average Bonchev–Trinajstić information content (AvgIpc) is 2.63. The van der Waals surface area contributed by atoms with Crippen LogP contribution < -0.4 is 0 Å². The van der Waals surface area contributed by atoms with E-state index >= 15 is 0 Å². The van der Waals surface area contributed by atoms with E-state index in [9.17, 15) is 5.11 Å². The summed E-state index contributed by atoms with van der Waals surface area (Å²) in [5.41, 5.74) is 1.35. The predicted molar refractivity (Wildman–Crippen MR) is 52.3 cm³/mol. The van der Waals surface area contributed by atoms with Crippen molar-refractivity contribution < 1.29 is 5.11 Å². The van der Waals surface area contributed by atoms with E-state index in [1.54, 1.807) is 0 Å². The third-order valence-electron chi connectivity index (χ3n) is 4.18. The maximum Gasteiger partial charge on any atom is 0.0778 e. The molecular formula is C12H18O. The van der Waals surface area contributed by atoms with Crippen LogP contribution in [-0.2, 0) is 0 Å². The van der Waals surface area contributed by atoms with Crippen molar-refractivity contribution in [1.29, 1.82) is 0 Å². The van der Waals surface area contributed by atoms with Crippen molar-refractivity contribution in [2.24, 2.45) is 17.8 Å². The summed E-state index contributed by atoms with van der Waals surface area (Å²) in [5.74, 6) is 2.62. The quantitative estimate of drug-likeness (QED) is 0.644. The van der Waals surface area contributed by atoms with Gasteiger partial charge in [-0.1, -0.05) is 6.08 Å². The van der Waals surface area contributed by atoms with Crippen molar-refractivity contribution in [3.05, 3.63) is 11.6 Å². The van der Waals surface area contributed by atoms with Crippen molar-refractivity contribution in [2.45, 2.75) is 44.6 Å². The minimum Gasteiger partial charge on any atom is -0.388 e. The fourth-order valence-corrected chi connectivity index (χ4v) is 3.29. The van der Waals surface area contributed by atoms with Gasteiger partial charge in [0, 0.05) is 0 Å². The van der Waals surface area contributed by atoms with E-state index in [-0.39, 0.29) is 6.10 Å². The van der Waals surface area contributed by atoms with E-state index in [1.807, 2.05) is 0 Å². The molecule has 0 spiro atoms. The molecule has 0 saturated heterocycles. The molecule has 3 atom stereocenters. The molecule has 1 heteroatoms. The molecule has 1 nitrogen and oxygen atoms in total. The van der Waals surface area contributed by atoms with Gasteiger partial charge < -0.3 is 5.11 Å².